The van der Waals surface area contributed by atoms with E-state index in [-0.39, 0.29) is 0 Å². The minimum Gasteiger partial charge on any atom is -0.354 e. The van der Waals surface area contributed by atoms with E-state index >= 15 is 0 Å². The average Bonchev–Trinajstić information content (AvgIpc) is 2.33. The molecule has 2 rings (SSSR count). The van der Waals surface area contributed by atoms with Crippen LogP contribution in [0.5, 0.6) is 0 Å². The molecule has 0 bridgehead atoms. The number of nitriles is 1. The van der Waals surface area contributed by atoms with E-state index in [4.69, 9.17) is 11.6 Å². The number of hydrogen-bond donors (Lipinski definition) is 1. The van der Waals surface area contributed by atoms with Gasteiger partial charge in [0.05, 0.1) is 22.0 Å². The molecule has 1 N–H and O–H groups in total. The second-order valence-electron chi connectivity index (χ2n) is 4.14. The van der Waals surface area contributed by atoms with E-state index in [0.29, 0.717) is 10.6 Å². The number of benzene rings is 1. The van der Waals surface area contributed by atoms with Gasteiger partial charge < -0.3 is 5.32 Å². The smallest absolute Gasteiger partial charge is 0.103 e. The Morgan fingerprint density at radius 2 is 2.05 bits per heavy atom. The lowest BCUT2D eigenvalue weighted by molar-refractivity contribution is 1.11. The summed E-state index contributed by atoms with van der Waals surface area (Å²) in [7, 11) is 0. The molecular weight excluding hydrogens is 326 g/mol. The van der Waals surface area contributed by atoms with Crippen molar-refractivity contribution in [2.24, 2.45) is 0 Å². The molecule has 5 heteroatoms. The van der Waals surface area contributed by atoms with Crippen molar-refractivity contribution in [3.8, 4) is 6.07 Å². The third-order valence-electron chi connectivity index (χ3n) is 2.64. The molecule has 0 aliphatic carbocycles. The van der Waals surface area contributed by atoms with Crippen molar-refractivity contribution >= 4 is 38.9 Å². The fraction of sp³-hybridized carbons (Fsp3) is 0.143. The van der Waals surface area contributed by atoms with E-state index < -0.39 is 0 Å². The molecule has 0 fully saturated rings. The van der Waals surface area contributed by atoms with Crippen molar-refractivity contribution in [1.82, 2.24) is 4.98 Å². The molecular formula is C14H11BrClN3. The van der Waals surface area contributed by atoms with Gasteiger partial charge in [-0.1, -0.05) is 11.6 Å². The van der Waals surface area contributed by atoms with E-state index in [1.807, 2.05) is 32.0 Å². The van der Waals surface area contributed by atoms with Crippen LogP contribution in [0.2, 0.25) is 5.02 Å². The first kappa shape index (κ1) is 13.9. The van der Waals surface area contributed by atoms with Crippen LogP contribution in [0.3, 0.4) is 0 Å². The number of anilines is 2. The molecule has 0 unspecified atom stereocenters. The van der Waals surface area contributed by atoms with Crippen LogP contribution in [-0.2, 0) is 0 Å². The fourth-order valence-corrected chi connectivity index (χ4v) is 2.29. The molecule has 1 aromatic heterocycles. The number of hydrogen-bond acceptors (Lipinski definition) is 3. The monoisotopic (exact) mass is 335 g/mol. The van der Waals surface area contributed by atoms with Gasteiger partial charge in [-0.15, -0.1) is 0 Å². The van der Waals surface area contributed by atoms with E-state index in [0.717, 1.165) is 27.2 Å². The molecule has 19 heavy (non-hydrogen) atoms. The Morgan fingerprint density at radius 3 is 2.68 bits per heavy atom. The van der Waals surface area contributed by atoms with Gasteiger partial charge in [-0.2, -0.15) is 5.26 Å². The summed E-state index contributed by atoms with van der Waals surface area (Å²) >= 11 is 9.33. The molecule has 0 saturated heterocycles. The molecule has 0 spiro atoms. The first-order valence-corrected chi connectivity index (χ1v) is 6.79. The van der Waals surface area contributed by atoms with E-state index in [1.54, 1.807) is 6.07 Å². The van der Waals surface area contributed by atoms with Crippen molar-refractivity contribution < 1.29 is 0 Å². The molecule has 1 heterocycles. The second-order valence-corrected chi connectivity index (χ2v) is 5.40. The van der Waals surface area contributed by atoms with Crippen LogP contribution in [0, 0.1) is 25.2 Å². The van der Waals surface area contributed by atoms with Gasteiger partial charge in [0.1, 0.15) is 6.07 Å². The SMILES string of the molecule is Cc1cc(Nc2ccc(Cl)c(Br)c2)c(C#N)c(C)n1. The lowest BCUT2D eigenvalue weighted by Gasteiger charge is -2.11. The van der Waals surface area contributed by atoms with Crippen LogP contribution in [0.25, 0.3) is 0 Å². The number of aryl methyl sites for hydroxylation is 2. The van der Waals surface area contributed by atoms with Gasteiger partial charge in [0, 0.05) is 15.9 Å². The van der Waals surface area contributed by atoms with E-state index in [1.165, 1.54) is 0 Å². The maximum absolute atomic E-state index is 9.21. The maximum atomic E-state index is 9.21. The Bertz CT molecular complexity index is 677. The highest BCUT2D eigenvalue weighted by Crippen LogP contribution is 2.29. The van der Waals surface area contributed by atoms with Crippen LogP contribution in [0.15, 0.2) is 28.7 Å². The predicted molar refractivity (Wildman–Crippen MR) is 80.9 cm³/mol. The first-order valence-electron chi connectivity index (χ1n) is 5.61. The van der Waals surface area contributed by atoms with Crippen molar-refractivity contribution in [2.45, 2.75) is 13.8 Å². The molecule has 0 aliphatic rings. The number of halogens is 2. The highest BCUT2D eigenvalue weighted by molar-refractivity contribution is 9.10. The Balaban J connectivity index is 2.43. The molecule has 1 aromatic carbocycles. The van der Waals surface area contributed by atoms with Crippen molar-refractivity contribution in [3.63, 3.8) is 0 Å². The summed E-state index contributed by atoms with van der Waals surface area (Å²) < 4.78 is 0.806. The molecule has 3 nitrogen and oxygen atoms in total. The number of rotatable bonds is 2. The van der Waals surface area contributed by atoms with Crippen molar-refractivity contribution in [3.05, 3.63) is 50.7 Å². The summed E-state index contributed by atoms with van der Waals surface area (Å²) in [4.78, 5) is 4.29. The molecule has 0 saturated carbocycles. The van der Waals surface area contributed by atoms with Crippen LogP contribution in [-0.4, -0.2) is 4.98 Å². The minimum atomic E-state index is 0.552. The Morgan fingerprint density at radius 1 is 1.32 bits per heavy atom. The van der Waals surface area contributed by atoms with Crippen LogP contribution < -0.4 is 5.32 Å². The lowest BCUT2D eigenvalue weighted by Crippen LogP contribution is -1.99. The quantitative estimate of drug-likeness (QED) is 0.862. The summed E-state index contributed by atoms with van der Waals surface area (Å²) in [6.07, 6.45) is 0. The zero-order chi connectivity index (χ0) is 14.0. The fourth-order valence-electron chi connectivity index (χ4n) is 1.80. The number of nitrogens with zero attached hydrogens (tertiary/aromatic N) is 2. The van der Waals surface area contributed by atoms with Gasteiger partial charge in [-0.05, 0) is 54.0 Å². The van der Waals surface area contributed by atoms with Crippen LogP contribution in [0.4, 0.5) is 11.4 Å². The predicted octanol–water partition coefficient (Wildman–Crippen LogP) is 4.73. The van der Waals surface area contributed by atoms with Crippen LogP contribution in [0.1, 0.15) is 17.0 Å². The lowest BCUT2D eigenvalue weighted by atomic mass is 10.1. The average molecular weight is 337 g/mol. The summed E-state index contributed by atoms with van der Waals surface area (Å²) in [5.74, 6) is 0. The standard InChI is InChI=1S/C14H11BrClN3/c1-8-5-14(11(7-17)9(2)18-8)19-10-3-4-13(16)12(15)6-10/h3-6H,1-2H3,(H,18,19). The summed E-state index contributed by atoms with van der Waals surface area (Å²) in [5, 5.41) is 13.1. The van der Waals surface area contributed by atoms with Gasteiger partial charge in [0.15, 0.2) is 0 Å². The van der Waals surface area contributed by atoms with Gasteiger partial charge >= 0.3 is 0 Å². The number of pyridine rings is 1. The Labute approximate surface area is 125 Å². The topological polar surface area (TPSA) is 48.7 Å². The van der Waals surface area contributed by atoms with Crippen molar-refractivity contribution in [2.75, 3.05) is 5.32 Å². The highest BCUT2D eigenvalue weighted by atomic mass is 79.9. The highest BCUT2D eigenvalue weighted by Gasteiger charge is 2.09. The molecule has 0 amide bonds. The maximum Gasteiger partial charge on any atom is 0.103 e. The molecule has 96 valence electrons. The van der Waals surface area contributed by atoms with Crippen molar-refractivity contribution in [1.29, 1.82) is 5.26 Å². The normalized spacial score (nSPS) is 10.1. The first-order chi connectivity index (χ1) is 9.01. The minimum absolute atomic E-state index is 0.552. The van der Waals surface area contributed by atoms with Gasteiger partial charge in [0.2, 0.25) is 0 Å². The molecule has 0 aliphatic heterocycles. The third kappa shape index (κ3) is 3.06. The summed E-state index contributed by atoms with van der Waals surface area (Å²) in [6, 6.07) is 9.55. The number of aromatic nitrogens is 1. The van der Waals surface area contributed by atoms with Gasteiger partial charge in [-0.3, -0.25) is 4.98 Å². The molecule has 0 radical (unpaired) electrons. The largest absolute Gasteiger partial charge is 0.354 e. The molecule has 2 aromatic rings. The van der Waals surface area contributed by atoms with E-state index in [2.05, 4.69) is 32.3 Å². The number of nitrogens with one attached hydrogen (secondary N) is 1. The Hall–Kier alpha value is -1.57. The third-order valence-corrected chi connectivity index (χ3v) is 3.85. The zero-order valence-electron chi connectivity index (χ0n) is 10.5. The zero-order valence-corrected chi connectivity index (χ0v) is 12.8. The summed E-state index contributed by atoms with van der Waals surface area (Å²) in [5.41, 5.74) is 3.75. The summed E-state index contributed by atoms with van der Waals surface area (Å²) in [6.45, 7) is 3.73. The van der Waals surface area contributed by atoms with E-state index in [9.17, 15) is 5.26 Å². The second kappa shape index (κ2) is 5.60. The van der Waals surface area contributed by atoms with Gasteiger partial charge in [-0.25, -0.2) is 0 Å². The van der Waals surface area contributed by atoms with Gasteiger partial charge in [0.25, 0.3) is 0 Å². The Kier molecular flexibility index (Phi) is 4.08. The molecule has 0 atom stereocenters. The van der Waals surface area contributed by atoms with Crippen LogP contribution >= 0.6 is 27.5 Å².